The van der Waals surface area contributed by atoms with Gasteiger partial charge in [-0.1, -0.05) is 83.7 Å². The summed E-state index contributed by atoms with van der Waals surface area (Å²) in [7, 11) is 0. The summed E-state index contributed by atoms with van der Waals surface area (Å²) in [5.74, 6) is 7.51. The fourth-order valence-corrected chi connectivity index (χ4v) is 9.98. The predicted molar refractivity (Wildman–Crippen MR) is 237 cm³/mol. The van der Waals surface area contributed by atoms with Gasteiger partial charge in [0, 0.05) is 31.2 Å². The Balaban J connectivity index is 0.000000189. The van der Waals surface area contributed by atoms with Crippen molar-refractivity contribution < 1.29 is 31.4 Å². The SMILES string of the molecule is [2H]C([2H])([2H])c1c[c-]c(-c2cc(C([2H])([2H])C(C)(C)C)[c]([Ge]([CH3])([CH3])[CH3])cn2)cc1.[Ir].[c-]1ccc2c(oc3ccccc32)c1-c1nc2ccccc2n1-c1cccc(-c2ccccc2)c1. The maximum absolute atomic E-state index is 8.80. The Morgan fingerprint density at radius 1 is 0.789 bits per heavy atom. The second-order valence-electron chi connectivity index (χ2n) is 16.1. The number of furan rings is 1. The number of aromatic nitrogens is 3. The van der Waals surface area contributed by atoms with Crippen molar-refractivity contribution >= 4 is 50.6 Å². The van der Waals surface area contributed by atoms with Crippen molar-refractivity contribution in [2.45, 2.75) is 51.3 Å². The van der Waals surface area contributed by atoms with Gasteiger partial charge in [0.25, 0.3) is 0 Å². The van der Waals surface area contributed by atoms with E-state index >= 15 is 0 Å². The van der Waals surface area contributed by atoms with Crippen LogP contribution in [0, 0.1) is 24.4 Å². The molecule has 0 aliphatic carbocycles. The smallest absolute Gasteiger partial charge is 0.120 e. The minimum atomic E-state index is -2.36. The van der Waals surface area contributed by atoms with E-state index < -0.39 is 31.9 Å². The summed E-state index contributed by atoms with van der Waals surface area (Å²) >= 11 is -2.36. The fourth-order valence-electron chi connectivity index (χ4n) is 7.06. The Labute approximate surface area is 359 Å². The first kappa shape index (κ1) is 34.0. The van der Waals surface area contributed by atoms with Crippen molar-refractivity contribution in [1.82, 2.24) is 14.5 Å². The van der Waals surface area contributed by atoms with Gasteiger partial charge in [0.1, 0.15) is 5.58 Å². The zero-order valence-electron chi connectivity index (χ0n) is 37.9. The normalized spacial score (nSPS) is 13.5. The van der Waals surface area contributed by atoms with Crippen LogP contribution in [0.5, 0.6) is 0 Å². The third kappa shape index (κ3) is 8.62. The van der Waals surface area contributed by atoms with E-state index in [0.29, 0.717) is 16.8 Å². The average molecular weight is 988 g/mol. The van der Waals surface area contributed by atoms with Gasteiger partial charge < -0.3 is 8.98 Å². The van der Waals surface area contributed by atoms with E-state index in [9.17, 15) is 0 Å². The molecule has 1 radical (unpaired) electrons. The van der Waals surface area contributed by atoms with Gasteiger partial charge in [0.05, 0.1) is 22.4 Å². The van der Waals surface area contributed by atoms with E-state index in [1.807, 2.05) is 69.4 Å². The molecule has 0 amide bonds. The monoisotopic (exact) mass is 989 g/mol. The van der Waals surface area contributed by atoms with Crippen molar-refractivity contribution in [3.8, 4) is 39.5 Å². The molecule has 3 aromatic heterocycles. The molecule has 6 aromatic carbocycles. The molecule has 0 aliphatic heterocycles. The summed E-state index contributed by atoms with van der Waals surface area (Å²) in [6.45, 7) is 3.55. The maximum Gasteiger partial charge on any atom is 0.120 e. The van der Waals surface area contributed by atoms with Crippen molar-refractivity contribution in [2.24, 2.45) is 5.41 Å². The van der Waals surface area contributed by atoms with Gasteiger partial charge in [-0.2, -0.15) is 0 Å². The molecule has 6 heteroatoms. The van der Waals surface area contributed by atoms with Crippen LogP contribution < -0.4 is 4.40 Å². The van der Waals surface area contributed by atoms with Gasteiger partial charge in [-0.15, -0.1) is 18.2 Å². The zero-order chi connectivity index (χ0) is 43.3. The summed E-state index contributed by atoms with van der Waals surface area (Å²) in [5.41, 5.74) is 9.55. The molecule has 9 rings (SSSR count). The van der Waals surface area contributed by atoms with Crippen molar-refractivity contribution in [3.63, 3.8) is 0 Å². The molecule has 0 bridgehead atoms. The van der Waals surface area contributed by atoms with Crippen LogP contribution in [0.3, 0.4) is 0 Å². The summed E-state index contributed by atoms with van der Waals surface area (Å²) in [5, 5.41) is 2.17. The van der Waals surface area contributed by atoms with Crippen LogP contribution in [0.15, 0.2) is 150 Å². The Bertz CT molecular complexity index is 3020. The van der Waals surface area contributed by atoms with Crippen LogP contribution in [0.25, 0.3) is 72.4 Å². The van der Waals surface area contributed by atoms with Crippen LogP contribution in [0.2, 0.25) is 17.3 Å². The standard InChI is InChI=1S/C31H19N2O.C20H28GeN.Ir/c1-2-10-21(11-3-1)22-12-8-13-23(20-22)33-28-18-6-5-17-27(28)32-31(33)26-16-9-15-25-24-14-4-7-19-29(24)34-30(25)26;1-15-8-10-16(11-9-15)19-12-17(13-20(2,3)4)18(14-22-19)21(5,6)7;/h1-15,17-20H;8-10,12,14H,13H2,1-7H3;/q2*-1;/i;1D3,13D2;. The Hall–Kier alpha value is -5.07. The first-order chi connectivity index (χ1) is 28.9. The molecular formula is C51H47GeIrN3O-2. The molecule has 0 atom stereocenters. The molecule has 3 heterocycles. The number of benzene rings is 6. The van der Waals surface area contributed by atoms with E-state index in [0.717, 1.165) is 60.0 Å². The minimum Gasteiger partial charge on any atom is -0.501 e. The van der Waals surface area contributed by atoms with E-state index in [1.54, 1.807) is 12.1 Å². The topological polar surface area (TPSA) is 43.9 Å². The number of hydrogen-bond donors (Lipinski definition) is 0. The average Bonchev–Trinajstić information content (AvgIpc) is 3.82. The number of aryl methyl sites for hydroxylation is 1. The van der Waals surface area contributed by atoms with Gasteiger partial charge in [0.15, 0.2) is 0 Å². The van der Waals surface area contributed by atoms with Crippen LogP contribution in [0.4, 0.5) is 0 Å². The summed E-state index contributed by atoms with van der Waals surface area (Å²) in [4.78, 5) is 9.63. The second-order valence-corrected chi connectivity index (χ2v) is 26.7. The minimum absolute atomic E-state index is 0. The molecule has 4 nitrogen and oxygen atoms in total. The van der Waals surface area contributed by atoms with Gasteiger partial charge in [-0.05, 0) is 41.5 Å². The van der Waals surface area contributed by atoms with E-state index in [1.165, 1.54) is 11.6 Å². The van der Waals surface area contributed by atoms with Gasteiger partial charge >= 0.3 is 145 Å². The maximum atomic E-state index is 8.80. The summed E-state index contributed by atoms with van der Waals surface area (Å²) in [6.07, 6.45) is 0.303. The molecule has 9 aromatic rings. The summed E-state index contributed by atoms with van der Waals surface area (Å²) in [6, 6.07) is 52.4. The zero-order valence-corrected chi connectivity index (χ0v) is 37.4. The Morgan fingerprint density at radius 3 is 2.30 bits per heavy atom. The number of pyridine rings is 1. The molecule has 0 aliphatic rings. The number of nitrogens with zero attached hydrogens (tertiary/aromatic N) is 3. The predicted octanol–water partition coefficient (Wildman–Crippen LogP) is 13.0. The first-order valence-corrected chi connectivity index (χ1v) is 26.3. The molecule has 287 valence electrons. The molecule has 0 saturated heterocycles. The van der Waals surface area contributed by atoms with Crippen LogP contribution in [-0.2, 0) is 26.5 Å². The van der Waals surface area contributed by atoms with Gasteiger partial charge in [-0.25, -0.2) is 0 Å². The van der Waals surface area contributed by atoms with Crippen molar-refractivity contribution in [1.29, 1.82) is 0 Å². The number of hydrogen-bond acceptors (Lipinski definition) is 3. The first-order valence-electron chi connectivity index (χ1n) is 21.4. The van der Waals surface area contributed by atoms with Crippen LogP contribution in [0.1, 0.15) is 38.8 Å². The van der Waals surface area contributed by atoms with E-state index in [-0.39, 0.29) is 25.7 Å². The molecule has 0 saturated carbocycles. The molecular weight excluding hydrogens is 935 g/mol. The third-order valence-electron chi connectivity index (χ3n) is 9.64. The number of fused-ring (bicyclic) bond motifs is 4. The van der Waals surface area contributed by atoms with Crippen molar-refractivity contribution in [2.75, 3.05) is 0 Å². The van der Waals surface area contributed by atoms with Gasteiger partial charge in [0.2, 0.25) is 0 Å². The molecule has 0 spiro atoms. The molecule has 57 heavy (non-hydrogen) atoms. The second kappa shape index (κ2) is 16.4. The molecule has 0 N–H and O–H groups in total. The Kier molecular flexibility index (Phi) is 9.80. The number of para-hydroxylation sites is 3. The number of imidazole rings is 1. The fraction of sp³-hybridized carbons (Fsp3) is 0.176. The quantitative estimate of drug-likeness (QED) is 0.123. The molecule has 0 unspecified atom stereocenters. The van der Waals surface area contributed by atoms with E-state index in [2.05, 4.69) is 118 Å². The third-order valence-corrected chi connectivity index (χ3v) is 13.9. The number of rotatable bonds is 6. The summed E-state index contributed by atoms with van der Waals surface area (Å²) < 4.78 is 49.6. The Morgan fingerprint density at radius 2 is 1.54 bits per heavy atom. The molecule has 0 fully saturated rings. The van der Waals surface area contributed by atoms with E-state index in [4.69, 9.17) is 16.3 Å². The van der Waals surface area contributed by atoms with Gasteiger partial charge in [-0.3, -0.25) is 4.98 Å². The van der Waals surface area contributed by atoms with Crippen LogP contribution in [-0.4, -0.2) is 27.8 Å². The largest absolute Gasteiger partial charge is 0.501 e. The van der Waals surface area contributed by atoms with Crippen molar-refractivity contribution in [3.05, 3.63) is 169 Å². The van der Waals surface area contributed by atoms with Crippen LogP contribution >= 0.6 is 0 Å².